The van der Waals surface area contributed by atoms with E-state index >= 15 is 0 Å². The number of nitro benzene ring substituents is 2. The van der Waals surface area contributed by atoms with E-state index in [1.807, 2.05) is 18.7 Å². The number of hydrogen-bond donors (Lipinski definition) is 2. The lowest BCUT2D eigenvalue weighted by Crippen LogP contribution is -2.27. The third kappa shape index (κ3) is 6.90. The highest BCUT2D eigenvalue weighted by atomic mass is 16.6. The van der Waals surface area contributed by atoms with Crippen LogP contribution in [0.5, 0.6) is 17.2 Å². The summed E-state index contributed by atoms with van der Waals surface area (Å²) in [6, 6.07) is 7.61. The number of nitrogens with two attached hydrogens (primary N) is 1. The fraction of sp³-hybridized carbons (Fsp3) is 0.280. The molecule has 1 amide bonds. The maximum absolute atomic E-state index is 13.1. The number of nitro groups is 2. The van der Waals surface area contributed by atoms with E-state index in [2.05, 4.69) is 35.8 Å². The van der Waals surface area contributed by atoms with Gasteiger partial charge in [-0.3, -0.25) is 29.9 Å². The van der Waals surface area contributed by atoms with Gasteiger partial charge in [-0.2, -0.15) is 9.78 Å². The van der Waals surface area contributed by atoms with Gasteiger partial charge in [0, 0.05) is 12.6 Å². The Morgan fingerprint density at radius 1 is 1.09 bits per heavy atom. The summed E-state index contributed by atoms with van der Waals surface area (Å²) < 4.78 is 17.3. The molecule has 0 aliphatic heterocycles. The number of non-ortho nitro benzene ring substituents is 1. The van der Waals surface area contributed by atoms with Crippen molar-refractivity contribution in [2.75, 3.05) is 25.4 Å². The van der Waals surface area contributed by atoms with Gasteiger partial charge in [-0.05, 0) is 60.2 Å². The van der Waals surface area contributed by atoms with Crippen molar-refractivity contribution < 1.29 is 28.7 Å². The first-order valence-corrected chi connectivity index (χ1v) is 13.1. The van der Waals surface area contributed by atoms with Crippen LogP contribution in [-0.2, 0) is 6.54 Å². The molecule has 0 fully saturated rings. The lowest BCUT2D eigenvalue weighted by Gasteiger charge is -2.18. The smallest absolute Gasteiger partial charge is 0.318 e. The van der Waals surface area contributed by atoms with E-state index in [-0.39, 0.29) is 41.2 Å². The number of carbonyl (C=O) groups is 1. The van der Waals surface area contributed by atoms with E-state index in [0.29, 0.717) is 30.9 Å². The molecule has 19 heteroatoms. The monoisotopic (exact) mass is 609 g/mol. The van der Waals surface area contributed by atoms with Crippen molar-refractivity contribution in [1.29, 1.82) is 0 Å². The Kier molecular flexibility index (Phi) is 9.70. The molecule has 230 valence electrons. The Hall–Kier alpha value is -5.98. The van der Waals surface area contributed by atoms with Gasteiger partial charge in [-0.15, -0.1) is 5.10 Å². The van der Waals surface area contributed by atoms with Gasteiger partial charge >= 0.3 is 5.69 Å². The molecule has 0 aliphatic carbocycles. The number of aromatic nitrogens is 5. The molecule has 4 rings (SSSR count). The van der Waals surface area contributed by atoms with Crippen LogP contribution in [0.3, 0.4) is 0 Å². The van der Waals surface area contributed by atoms with Crippen LogP contribution in [-0.4, -0.2) is 71.9 Å². The van der Waals surface area contributed by atoms with Crippen molar-refractivity contribution >= 4 is 29.3 Å². The summed E-state index contributed by atoms with van der Waals surface area (Å²) >= 11 is 0. The van der Waals surface area contributed by atoms with Crippen molar-refractivity contribution in [2.45, 2.75) is 27.3 Å². The average Bonchev–Trinajstić information content (AvgIpc) is 3.62. The molecule has 0 saturated carbocycles. The highest BCUT2D eigenvalue weighted by Crippen LogP contribution is 2.38. The predicted octanol–water partition coefficient (Wildman–Crippen LogP) is 2.85. The van der Waals surface area contributed by atoms with Crippen LogP contribution in [0.2, 0.25) is 0 Å². The van der Waals surface area contributed by atoms with E-state index in [0.717, 1.165) is 18.2 Å². The Labute approximate surface area is 248 Å². The van der Waals surface area contributed by atoms with E-state index in [9.17, 15) is 25.0 Å². The average molecular weight is 610 g/mol. The van der Waals surface area contributed by atoms with Crippen molar-refractivity contribution in [1.82, 2.24) is 35.6 Å². The van der Waals surface area contributed by atoms with E-state index in [1.54, 1.807) is 13.0 Å². The molecule has 2 aromatic heterocycles. The fourth-order valence-corrected chi connectivity index (χ4v) is 3.93. The number of hydrogen-bond acceptors (Lipinski definition) is 15. The first kappa shape index (κ1) is 31.0. The highest BCUT2D eigenvalue weighted by Gasteiger charge is 2.25. The van der Waals surface area contributed by atoms with Gasteiger partial charge in [0.25, 0.3) is 11.6 Å². The molecule has 0 aliphatic rings. The zero-order chi connectivity index (χ0) is 31.8. The predicted molar refractivity (Wildman–Crippen MR) is 153 cm³/mol. The number of nitrogen functional groups attached to an aromatic ring is 1. The Balaban J connectivity index is 1.55. The SMILES string of the molecule is CCOc1cc(/C=N/NC(=O)c2nnn(-c3nonc3N)c2CN(CC)CC)ccc1Oc1ccc([N+](=O)[O-])cc1[N+](=O)[O-]. The van der Waals surface area contributed by atoms with E-state index < -0.39 is 27.1 Å². The molecule has 44 heavy (non-hydrogen) atoms. The molecule has 0 bridgehead atoms. The minimum absolute atomic E-state index is 0.0140. The molecule has 0 unspecified atom stereocenters. The normalized spacial score (nSPS) is 11.2. The van der Waals surface area contributed by atoms with Crippen LogP contribution in [0, 0.1) is 20.2 Å². The number of hydrazone groups is 1. The van der Waals surface area contributed by atoms with Crippen molar-refractivity contribution in [2.24, 2.45) is 5.10 Å². The molecular formula is C25H27N11O8. The summed E-state index contributed by atoms with van der Waals surface area (Å²) in [5.41, 5.74) is 8.05. The highest BCUT2D eigenvalue weighted by molar-refractivity contribution is 5.94. The fourth-order valence-electron chi connectivity index (χ4n) is 3.93. The number of carbonyl (C=O) groups excluding carboxylic acids is 1. The van der Waals surface area contributed by atoms with E-state index in [4.69, 9.17) is 15.2 Å². The summed E-state index contributed by atoms with van der Waals surface area (Å²) in [6.07, 6.45) is 1.34. The van der Waals surface area contributed by atoms with Crippen LogP contribution in [0.4, 0.5) is 17.2 Å². The number of nitrogens with one attached hydrogen (secondary N) is 1. The minimum atomic E-state index is -0.782. The standard InChI is InChI=1S/C25H27N11O8/c1-4-33(5-2)14-18-22(28-32-34(18)24-23(26)30-44-31-24)25(37)29-27-13-15-7-9-20(21(11-15)42-6-3)43-19-10-8-16(35(38)39)12-17(19)36(40)41/h7-13H,4-6,14H2,1-3H3,(H2,26,30)(H,29,37)/b27-13+. The molecule has 19 nitrogen and oxygen atoms in total. The van der Waals surface area contributed by atoms with Crippen LogP contribution < -0.4 is 20.6 Å². The number of anilines is 1. The minimum Gasteiger partial charge on any atom is -0.490 e. The van der Waals surface area contributed by atoms with Gasteiger partial charge in [0.2, 0.25) is 17.4 Å². The maximum Gasteiger partial charge on any atom is 0.318 e. The third-order valence-electron chi connectivity index (χ3n) is 6.16. The molecule has 3 N–H and O–H groups in total. The third-order valence-corrected chi connectivity index (χ3v) is 6.16. The van der Waals surface area contributed by atoms with Crippen LogP contribution in [0.25, 0.3) is 5.82 Å². The first-order valence-electron chi connectivity index (χ1n) is 13.1. The zero-order valence-electron chi connectivity index (χ0n) is 23.7. The number of amides is 1. The van der Waals surface area contributed by atoms with Crippen LogP contribution >= 0.6 is 0 Å². The van der Waals surface area contributed by atoms with Gasteiger partial charge in [-0.25, -0.2) is 10.1 Å². The second-order valence-electron chi connectivity index (χ2n) is 8.84. The second-order valence-corrected chi connectivity index (χ2v) is 8.84. The number of nitrogens with zero attached hydrogens (tertiary/aromatic N) is 9. The maximum atomic E-state index is 13.1. The largest absolute Gasteiger partial charge is 0.490 e. The van der Waals surface area contributed by atoms with Crippen LogP contribution in [0.15, 0.2) is 46.1 Å². The molecule has 0 atom stereocenters. The summed E-state index contributed by atoms with van der Waals surface area (Å²) in [6.45, 7) is 7.56. The van der Waals surface area contributed by atoms with Gasteiger partial charge in [-0.1, -0.05) is 19.1 Å². The topological polar surface area (TPSA) is 245 Å². The van der Waals surface area contributed by atoms with Gasteiger partial charge in [0.05, 0.1) is 34.4 Å². The molecule has 0 spiro atoms. The lowest BCUT2D eigenvalue weighted by molar-refractivity contribution is -0.394. The lowest BCUT2D eigenvalue weighted by atomic mass is 10.2. The van der Waals surface area contributed by atoms with Crippen molar-refractivity contribution in [3.05, 3.63) is 73.6 Å². The zero-order valence-corrected chi connectivity index (χ0v) is 23.7. The summed E-state index contributed by atoms with van der Waals surface area (Å²) in [5, 5.41) is 41.9. The summed E-state index contributed by atoms with van der Waals surface area (Å²) in [4.78, 5) is 36.1. The molecule has 4 aromatic rings. The number of benzene rings is 2. The Bertz CT molecular complexity index is 1700. The Morgan fingerprint density at radius 3 is 2.48 bits per heavy atom. The summed E-state index contributed by atoms with van der Waals surface area (Å²) in [7, 11) is 0. The van der Waals surface area contributed by atoms with Crippen LogP contribution in [0.1, 0.15) is 42.5 Å². The second kappa shape index (κ2) is 13.8. The van der Waals surface area contributed by atoms with Gasteiger partial charge in [0.15, 0.2) is 17.2 Å². The van der Waals surface area contributed by atoms with E-state index in [1.165, 1.54) is 23.0 Å². The molecule has 2 heterocycles. The van der Waals surface area contributed by atoms with Gasteiger partial charge < -0.3 is 15.2 Å². The quantitative estimate of drug-likeness (QED) is 0.119. The summed E-state index contributed by atoms with van der Waals surface area (Å²) in [5.74, 6) is -0.483. The molecular weight excluding hydrogens is 582 g/mol. The van der Waals surface area contributed by atoms with Gasteiger partial charge in [0.1, 0.15) is 0 Å². The molecule has 0 saturated heterocycles. The number of ether oxygens (including phenoxy) is 2. The first-order chi connectivity index (χ1) is 21.2. The molecule has 2 aromatic carbocycles. The number of rotatable bonds is 14. The van der Waals surface area contributed by atoms with Crippen molar-refractivity contribution in [3.8, 4) is 23.1 Å². The van der Waals surface area contributed by atoms with Crippen molar-refractivity contribution in [3.63, 3.8) is 0 Å². The molecule has 0 radical (unpaired) electrons. The Morgan fingerprint density at radius 2 is 1.84 bits per heavy atom.